The number of aryl methyl sites for hydroxylation is 2. The van der Waals surface area contributed by atoms with Crippen LogP contribution in [0.2, 0.25) is 0 Å². The van der Waals surface area contributed by atoms with Crippen molar-refractivity contribution in [3.8, 4) is 0 Å². The molecule has 1 heterocycles. The third-order valence-electron chi connectivity index (χ3n) is 3.82. The lowest BCUT2D eigenvalue weighted by Crippen LogP contribution is -2.42. The van der Waals surface area contributed by atoms with E-state index >= 15 is 0 Å². The van der Waals surface area contributed by atoms with Crippen LogP contribution in [0.3, 0.4) is 0 Å². The molecule has 0 radical (unpaired) electrons. The van der Waals surface area contributed by atoms with E-state index in [0.29, 0.717) is 5.41 Å². The van der Waals surface area contributed by atoms with E-state index in [-0.39, 0.29) is 0 Å². The lowest BCUT2D eigenvalue weighted by atomic mass is 9.66. The molecule has 1 saturated carbocycles. The Morgan fingerprint density at radius 3 is 2.69 bits per heavy atom. The first-order valence-corrected chi connectivity index (χ1v) is 6.35. The number of aromatic nitrogens is 2. The molecule has 0 spiro atoms. The Hall–Kier alpha value is -0.830. The molecule has 16 heavy (non-hydrogen) atoms. The van der Waals surface area contributed by atoms with Gasteiger partial charge in [-0.2, -0.15) is 5.10 Å². The Kier molecular flexibility index (Phi) is 3.33. The smallest absolute Gasteiger partial charge is 0.0596 e. The summed E-state index contributed by atoms with van der Waals surface area (Å²) in [5.74, 6) is 0. The fourth-order valence-corrected chi connectivity index (χ4v) is 2.70. The van der Waals surface area contributed by atoms with Crippen LogP contribution < -0.4 is 5.32 Å². The second kappa shape index (κ2) is 4.58. The van der Waals surface area contributed by atoms with Gasteiger partial charge in [0.15, 0.2) is 0 Å². The van der Waals surface area contributed by atoms with Crippen LogP contribution in [0.4, 0.5) is 0 Å². The first-order valence-electron chi connectivity index (χ1n) is 6.35. The van der Waals surface area contributed by atoms with Crippen molar-refractivity contribution in [2.24, 2.45) is 12.5 Å². The van der Waals surface area contributed by atoms with Gasteiger partial charge < -0.3 is 5.32 Å². The molecular weight excluding hydrogens is 198 g/mol. The van der Waals surface area contributed by atoms with Crippen LogP contribution in [0.15, 0.2) is 6.07 Å². The summed E-state index contributed by atoms with van der Waals surface area (Å²) in [6.45, 7) is 6.49. The van der Waals surface area contributed by atoms with Gasteiger partial charge in [-0.25, -0.2) is 0 Å². The van der Waals surface area contributed by atoms with Gasteiger partial charge in [0.2, 0.25) is 0 Å². The second-order valence-electron chi connectivity index (χ2n) is 5.21. The number of rotatable bonds is 5. The van der Waals surface area contributed by atoms with Crippen LogP contribution >= 0.6 is 0 Å². The fraction of sp³-hybridized carbons (Fsp3) is 0.769. The number of hydrogen-bond acceptors (Lipinski definition) is 2. The SMILES string of the molecule is CCNCC1(Cc2cc(C)nn2C)CCC1. The van der Waals surface area contributed by atoms with Crippen molar-refractivity contribution >= 4 is 0 Å². The van der Waals surface area contributed by atoms with Crippen molar-refractivity contribution in [1.29, 1.82) is 0 Å². The Balaban J connectivity index is 2.03. The zero-order valence-corrected chi connectivity index (χ0v) is 10.7. The molecule has 0 aromatic carbocycles. The summed E-state index contributed by atoms with van der Waals surface area (Å²) in [5, 5.41) is 7.94. The molecular formula is C13H23N3. The van der Waals surface area contributed by atoms with Gasteiger partial charge >= 0.3 is 0 Å². The monoisotopic (exact) mass is 221 g/mol. The van der Waals surface area contributed by atoms with Crippen molar-refractivity contribution < 1.29 is 0 Å². The molecule has 90 valence electrons. The molecule has 1 aliphatic rings. The first-order chi connectivity index (χ1) is 7.65. The maximum Gasteiger partial charge on any atom is 0.0596 e. The minimum Gasteiger partial charge on any atom is -0.316 e. The van der Waals surface area contributed by atoms with Crippen LogP contribution in [0.25, 0.3) is 0 Å². The van der Waals surface area contributed by atoms with Crippen LogP contribution in [-0.2, 0) is 13.5 Å². The summed E-state index contributed by atoms with van der Waals surface area (Å²) in [5.41, 5.74) is 3.03. The molecule has 3 heteroatoms. The van der Waals surface area contributed by atoms with E-state index in [0.717, 1.165) is 18.8 Å². The average molecular weight is 221 g/mol. The Bertz CT molecular complexity index is 350. The molecule has 1 aromatic heterocycles. The zero-order valence-electron chi connectivity index (χ0n) is 10.7. The highest BCUT2D eigenvalue weighted by Crippen LogP contribution is 2.43. The standard InChI is InChI=1S/C13H23N3/c1-4-14-10-13(6-5-7-13)9-12-8-11(2)15-16(12)3/h8,14H,4-7,9-10H2,1-3H3. The second-order valence-corrected chi connectivity index (χ2v) is 5.21. The van der Waals surface area contributed by atoms with Crippen molar-refractivity contribution in [3.05, 3.63) is 17.5 Å². The summed E-state index contributed by atoms with van der Waals surface area (Å²) >= 11 is 0. The molecule has 0 aliphatic heterocycles. The van der Waals surface area contributed by atoms with Crippen molar-refractivity contribution in [2.45, 2.75) is 39.5 Å². The number of nitrogens with zero attached hydrogens (tertiary/aromatic N) is 2. The lowest BCUT2D eigenvalue weighted by Gasteiger charge is -2.42. The Morgan fingerprint density at radius 2 is 2.25 bits per heavy atom. The maximum atomic E-state index is 4.43. The summed E-state index contributed by atoms with van der Waals surface area (Å²) in [7, 11) is 2.06. The van der Waals surface area contributed by atoms with Crippen molar-refractivity contribution in [3.63, 3.8) is 0 Å². The van der Waals surface area contributed by atoms with E-state index in [1.807, 2.05) is 4.68 Å². The number of hydrogen-bond donors (Lipinski definition) is 1. The summed E-state index contributed by atoms with van der Waals surface area (Å²) < 4.78 is 2.04. The van der Waals surface area contributed by atoms with Crippen LogP contribution in [0, 0.1) is 12.3 Å². The molecule has 1 aliphatic carbocycles. The third-order valence-corrected chi connectivity index (χ3v) is 3.82. The third kappa shape index (κ3) is 2.29. The minimum absolute atomic E-state index is 0.510. The predicted octanol–water partition coefficient (Wildman–Crippen LogP) is 2.05. The van der Waals surface area contributed by atoms with Gasteiger partial charge in [-0.1, -0.05) is 13.3 Å². The van der Waals surface area contributed by atoms with Gasteiger partial charge in [-0.3, -0.25) is 4.68 Å². The molecule has 1 fully saturated rings. The molecule has 0 bridgehead atoms. The number of nitrogens with one attached hydrogen (secondary N) is 1. The molecule has 2 rings (SSSR count). The van der Waals surface area contributed by atoms with Gasteiger partial charge in [0.25, 0.3) is 0 Å². The van der Waals surface area contributed by atoms with E-state index in [9.17, 15) is 0 Å². The molecule has 0 saturated heterocycles. The quantitative estimate of drug-likeness (QED) is 0.824. The maximum absolute atomic E-state index is 4.43. The van der Waals surface area contributed by atoms with Crippen LogP contribution in [-0.4, -0.2) is 22.9 Å². The molecule has 0 atom stereocenters. The molecule has 0 unspecified atom stereocenters. The topological polar surface area (TPSA) is 29.9 Å². The van der Waals surface area contributed by atoms with Crippen molar-refractivity contribution in [2.75, 3.05) is 13.1 Å². The highest BCUT2D eigenvalue weighted by Gasteiger charge is 2.37. The highest BCUT2D eigenvalue weighted by atomic mass is 15.3. The first kappa shape index (κ1) is 11.6. The van der Waals surface area contributed by atoms with E-state index < -0.39 is 0 Å². The summed E-state index contributed by atoms with van der Waals surface area (Å²) in [4.78, 5) is 0. The Morgan fingerprint density at radius 1 is 1.50 bits per heavy atom. The molecule has 1 aromatic rings. The van der Waals surface area contributed by atoms with E-state index in [2.05, 4.69) is 37.4 Å². The van der Waals surface area contributed by atoms with Gasteiger partial charge in [0, 0.05) is 19.3 Å². The van der Waals surface area contributed by atoms with Gasteiger partial charge in [0.05, 0.1) is 5.69 Å². The average Bonchev–Trinajstić information content (AvgIpc) is 2.49. The van der Waals surface area contributed by atoms with E-state index in [1.54, 1.807) is 0 Å². The van der Waals surface area contributed by atoms with Crippen LogP contribution in [0.5, 0.6) is 0 Å². The zero-order chi connectivity index (χ0) is 11.6. The normalized spacial score (nSPS) is 18.4. The lowest BCUT2D eigenvalue weighted by molar-refractivity contribution is 0.128. The highest BCUT2D eigenvalue weighted by molar-refractivity contribution is 5.12. The largest absolute Gasteiger partial charge is 0.316 e. The minimum atomic E-state index is 0.510. The molecule has 3 nitrogen and oxygen atoms in total. The van der Waals surface area contributed by atoms with Gasteiger partial charge in [-0.05, 0) is 44.2 Å². The molecule has 1 N–H and O–H groups in total. The summed E-state index contributed by atoms with van der Waals surface area (Å²) in [6.07, 6.45) is 5.30. The van der Waals surface area contributed by atoms with Crippen LogP contribution in [0.1, 0.15) is 37.6 Å². The Labute approximate surface area is 98.2 Å². The van der Waals surface area contributed by atoms with E-state index in [1.165, 1.54) is 31.4 Å². The fourth-order valence-electron chi connectivity index (χ4n) is 2.70. The van der Waals surface area contributed by atoms with E-state index in [4.69, 9.17) is 0 Å². The van der Waals surface area contributed by atoms with Crippen molar-refractivity contribution in [1.82, 2.24) is 15.1 Å². The molecule has 0 amide bonds. The summed E-state index contributed by atoms with van der Waals surface area (Å²) in [6, 6.07) is 2.23. The van der Waals surface area contributed by atoms with Gasteiger partial charge in [-0.15, -0.1) is 0 Å². The predicted molar refractivity (Wildman–Crippen MR) is 66.5 cm³/mol. The van der Waals surface area contributed by atoms with Gasteiger partial charge in [0.1, 0.15) is 0 Å².